The minimum absolute atomic E-state index is 0.107. The second-order valence-electron chi connectivity index (χ2n) is 29.3. The molecule has 0 radical (unpaired) electrons. The highest BCUT2D eigenvalue weighted by Crippen LogP contribution is 2.45. The van der Waals surface area contributed by atoms with Gasteiger partial charge in [0.2, 0.25) is 0 Å². The summed E-state index contributed by atoms with van der Waals surface area (Å²) < 4.78 is 68.6. The van der Waals surface area contributed by atoms with Crippen LogP contribution in [0.15, 0.2) is 0 Å². The van der Waals surface area contributed by atoms with Gasteiger partial charge in [0.05, 0.1) is 26.4 Å². The number of carbonyl (C=O) groups excluding carboxylic acids is 4. The zero-order valence-electron chi connectivity index (χ0n) is 63.5. The van der Waals surface area contributed by atoms with E-state index in [0.29, 0.717) is 25.7 Å². The molecule has 0 saturated carbocycles. The number of hydrogen-bond acceptors (Lipinski definition) is 15. The molecule has 17 nitrogen and oxygen atoms in total. The molecule has 0 aromatic heterocycles. The number of rotatable bonds is 76. The van der Waals surface area contributed by atoms with E-state index in [2.05, 4.69) is 48.5 Å². The highest BCUT2D eigenvalue weighted by atomic mass is 31.2. The second-order valence-corrected chi connectivity index (χ2v) is 32.2. The number of esters is 4. The van der Waals surface area contributed by atoms with E-state index >= 15 is 0 Å². The molecule has 97 heavy (non-hydrogen) atoms. The van der Waals surface area contributed by atoms with Gasteiger partial charge in [-0.1, -0.05) is 350 Å². The highest BCUT2D eigenvalue weighted by molar-refractivity contribution is 7.47. The van der Waals surface area contributed by atoms with Crippen molar-refractivity contribution in [1.82, 2.24) is 0 Å². The van der Waals surface area contributed by atoms with Crippen molar-refractivity contribution in [3.8, 4) is 0 Å². The number of phosphoric ester groups is 2. The van der Waals surface area contributed by atoms with Gasteiger partial charge < -0.3 is 33.8 Å². The maximum atomic E-state index is 13.1. The molecular weight excluding hydrogens is 1270 g/mol. The van der Waals surface area contributed by atoms with Crippen molar-refractivity contribution in [3.05, 3.63) is 0 Å². The summed E-state index contributed by atoms with van der Waals surface area (Å²) in [6.07, 6.45) is 55.4. The fraction of sp³-hybridized carbons (Fsp3) is 0.949. The first-order chi connectivity index (χ1) is 46.8. The normalized spacial score (nSPS) is 14.3. The van der Waals surface area contributed by atoms with Crippen molar-refractivity contribution in [2.75, 3.05) is 39.6 Å². The molecule has 0 amide bonds. The van der Waals surface area contributed by atoms with Crippen molar-refractivity contribution < 1.29 is 80.2 Å². The van der Waals surface area contributed by atoms with Crippen molar-refractivity contribution in [2.24, 2.45) is 17.8 Å². The van der Waals surface area contributed by atoms with Crippen LogP contribution in [0.2, 0.25) is 0 Å². The quantitative estimate of drug-likeness (QED) is 0.0222. The molecule has 0 fully saturated rings. The lowest BCUT2D eigenvalue weighted by atomic mass is 10.00. The van der Waals surface area contributed by atoms with E-state index in [-0.39, 0.29) is 25.7 Å². The first-order valence-electron chi connectivity index (χ1n) is 40.4. The molecule has 0 aromatic carbocycles. The Morgan fingerprint density at radius 3 is 0.784 bits per heavy atom. The van der Waals surface area contributed by atoms with Crippen LogP contribution < -0.4 is 0 Å². The monoisotopic (exact) mass is 1420 g/mol. The summed E-state index contributed by atoms with van der Waals surface area (Å²) in [6, 6.07) is 0. The summed E-state index contributed by atoms with van der Waals surface area (Å²) in [5.74, 6) is 0.203. The third kappa shape index (κ3) is 70.9. The molecule has 576 valence electrons. The van der Waals surface area contributed by atoms with E-state index in [0.717, 1.165) is 114 Å². The number of unbranched alkanes of at least 4 members (excludes halogenated alkanes) is 43. The van der Waals surface area contributed by atoms with E-state index in [4.69, 9.17) is 37.0 Å². The lowest BCUT2D eigenvalue weighted by Crippen LogP contribution is -2.30. The Labute approximate surface area is 594 Å². The first kappa shape index (κ1) is 95.1. The summed E-state index contributed by atoms with van der Waals surface area (Å²) in [5, 5.41) is 10.6. The van der Waals surface area contributed by atoms with Crippen molar-refractivity contribution >= 4 is 39.5 Å². The van der Waals surface area contributed by atoms with Crippen LogP contribution in [0.25, 0.3) is 0 Å². The van der Waals surface area contributed by atoms with Crippen LogP contribution in [0.4, 0.5) is 0 Å². The summed E-state index contributed by atoms with van der Waals surface area (Å²) in [4.78, 5) is 72.9. The van der Waals surface area contributed by atoms with E-state index in [1.807, 2.05) is 0 Å². The topological polar surface area (TPSA) is 237 Å². The van der Waals surface area contributed by atoms with Gasteiger partial charge in [-0.2, -0.15) is 0 Å². The molecule has 0 bridgehead atoms. The molecule has 19 heteroatoms. The molecule has 3 unspecified atom stereocenters. The van der Waals surface area contributed by atoms with Gasteiger partial charge in [0.1, 0.15) is 19.3 Å². The third-order valence-corrected chi connectivity index (χ3v) is 20.4. The molecule has 0 aliphatic rings. The van der Waals surface area contributed by atoms with Gasteiger partial charge in [-0.15, -0.1) is 0 Å². The summed E-state index contributed by atoms with van der Waals surface area (Å²) in [6.45, 7) is 11.9. The summed E-state index contributed by atoms with van der Waals surface area (Å²) in [7, 11) is -9.92. The molecule has 3 N–H and O–H groups in total. The predicted octanol–water partition coefficient (Wildman–Crippen LogP) is 23.0. The Bertz CT molecular complexity index is 1890. The molecular formula is C78H152O17P2. The number of aliphatic hydroxyl groups excluding tert-OH is 1. The van der Waals surface area contributed by atoms with Gasteiger partial charge in [-0.3, -0.25) is 37.3 Å². The molecule has 6 atom stereocenters. The smallest absolute Gasteiger partial charge is 0.462 e. The van der Waals surface area contributed by atoms with Crippen molar-refractivity contribution in [2.45, 2.75) is 420 Å². The highest BCUT2D eigenvalue weighted by Gasteiger charge is 2.30. The average Bonchev–Trinajstić information content (AvgIpc) is 1.03. The molecule has 0 rings (SSSR count). The second kappa shape index (κ2) is 68.5. The van der Waals surface area contributed by atoms with E-state index in [9.17, 15) is 43.2 Å². The fourth-order valence-electron chi connectivity index (χ4n) is 11.9. The Morgan fingerprint density at radius 2 is 0.526 bits per heavy atom. The zero-order valence-corrected chi connectivity index (χ0v) is 65.3. The van der Waals surface area contributed by atoms with Crippen LogP contribution in [0.3, 0.4) is 0 Å². The summed E-state index contributed by atoms with van der Waals surface area (Å²) >= 11 is 0. The molecule has 0 aliphatic carbocycles. The Kier molecular flexibility index (Phi) is 67.1. The van der Waals surface area contributed by atoms with Crippen LogP contribution in [-0.4, -0.2) is 96.7 Å². The van der Waals surface area contributed by atoms with Crippen molar-refractivity contribution in [3.63, 3.8) is 0 Å². The number of phosphoric acid groups is 2. The minimum Gasteiger partial charge on any atom is -0.462 e. The first-order valence-corrected chi connectivity index (χ1v) is 43.4. The molecule has 0 saturated heterocycles. The van der Waals surface area contributed by atoms with E-state index < -0.39 is 97.5 Å². The molecule has 0 aliphatic heterocycles. The zero-order chi connectivity index (χ0) is 71.6. The number of carbonyl (C=O) groups is 4. The average molecular weight is 1420 g/mol. The lowest BCUT2D eigenvalue weighted by Gasteiger charge is -2.21. The molecule has 0 heterocycles. The van der Waals surface area contributed by atoms with Crippen LogP contribution >= 0.6 is 15.6 Å². The fourth-order valence-corrected chi connectivity index (χ4v) is 13.5. The van der Waals surface area contributed by atoms with Gasteiger partial charge in [0.15, 0.2) is 12.2 Å². The SMILES string of the molecule is CCCCCCCCCCCCCCCCC(=O)O[C@H](COC(=O)CCCCCCCCC(C)CC)COP(=O)(O)OC[C@H](O)COP(=O)(O)OC[C@@H](COC(=O)CCCCCCCCCCCCCCCC(C)C)OC(=O)CCCCCCCCCCCCCCCCC(C)C. The Balaban J connectivity index is 5.26. The largest absolute Gasteiger partial charge is 0.472 e. The van der Waals surface area contributed by atoms with Crippen LogP contribution in [0.1, 0.15) is 402 Å². The van der Waals surface area contributed by atoms with Crippen LogP contribution in [0.5, 0.6) is 0 Å². The van der Waals surface area contributed by atoms with Crippen LogP contribution in [0, 0.1) is 17.8 Å². The van der Waals surface area contributed by atoms with Crippen LogP contribution in [-0.2, 0) is 65.4 Å². The van der Waals surface area contributed by atoms with E-state index in [1.165, 1.54) is 205 Å². The molecule has 0 spiro atoms. The Morgan fingerprint density at radius 1 is 0.299 bits per heavy atom. The van der Waals surface area contributed by atoms with Gasteiger partial charge in [-0.05, 0) is 43.4 Å². The maximum absolute atomic E-state index is 13.1. The standard InChI is InChI=1S/C78H152O17P2/c1-8-10-11-12-13-14-15-16-22-28-33-38-47-54-61-78(83)95-74(66-89-76(81)60-53-46-41-40-44-51-58-71(7)9-2)68-93-97(86,87)91-64-72(79)63-90-96(84,85)92-67-73(65-88-75(80)59-52-45-37-32-27-24-19-21-26-31-36-43-50-57-70(5)6)94-77(82)62-55-48-39-34-29-23-18-17-20-25-30-35-42-49-56-69(3)4/h69-74,79H,8-68H2,1-7H3,(H,84,85)(H,86,87)/t71?,72-,73-,74-/m1/s1. The van der Waals surface area contributed by atoms with Gasteiger partial charge in [0, 0.05) is 25.7 Å². The van der Waals surface area contributed by atoms with E-state index in [1.54, 1.807) is 0 Å². The third-order valence-electron chi connectivity index (χ3n) is 18.5. The maximum Gasteiger partial charge on any atom is 0.472 e. The van der Waals surface area contributed by atoms with Crippen molar-refractivity contribution in [1.29, 1.82) is 0 Å². The number of aliphatic hydroxyl groups is 1. The number of ether oxygens (including phenoxy) is 4. The predicted molar refractivity (Wildman–Crippen MR) is 395 cm³/mol. The van der Waals surface area contributed by atoms with Gasteiger partial charge >= 0.3 is 39.5 Å². The minimum atomic E-state index is -4.96. The summed E-state index contributed by atoms with van der Waals surface area (Å²) in [5.41, 5.74) is 0. The van der Waals surface area contributed by atoms with Gasteiger partial charge in [0.25, 0.3) is 0 Å². The molecule has 0 aromatic rings. The lowest BCUT2D eigenvalue weighted by molar-refractivity contribution is -0.161. The Hall–Kier alpha value is -1.94. The number of hydrogen-bond donors (Lipinski definition) is 3. The van der Waals surface area contributed by atoms with Gasteiger partial charge in [-0.25, -0.2) is 9.13 Å².